The van der Waals surface area contributed by atoms with Crippen molar-refractivity contribution in [3.05, 3.63) is 59.8 Å². The Morgan fingerprint density at radius 1 is 1.00 bits per heavy atom. The van der Waals surface area contributed by atoms with Crippen LogP contribution >= 0.6 is 0 Å². The van der Waals surface area contributed by atoms with E-state index in [0.717, 1.165) is 18.6 Å². The number of rotatable bonds is 6. The van der Waals surface area contributed by atoms with Gasteiger partial charge < -0.3 is 30.3 Å². The number of carbonyl (C=O) groups excluding carboxylic acids is 5. The van der Waals surface area contributed by atoms with Gasteiger partial charge in [-0.3, -0.25) is 23.9 Å². The van der Waals surface area contributed by atoms with Gasteiger partial charge in [-0.25, -0.2) is 18.2 Å². The van der Waals surface area contributed by atoms with Gasteiger partial charge in [-0.1, -0.05) is 31.1 Å². The molecule has 4 heterocycles. The molecule has 3 aliphatic heterocycles. The molecule has 6 atom stereocenters. The number of aromatic nitrogens is 1. The van der Waals surface area contributed by atoms with Gasteiger partial charge in [-0.05, 0) is 89.6 Å². The van der Waals surface area contributed by atoms with Crippen molar-refractivity contribution < 1.29 is 55.4 Å². The molecule has 2 saturated heterocycles. The maximum atomic E-state index is 14.7. The van der Waals surface area contributed by atoms with Crippen molar-refractivity contribution in [1.82, 2.24) is 30.1 Å². The van der Waals surface area contributed by atoms with E-state index in [1.54, 1.807) is 26.8 Å². The highest BCUT2D eigenvalue weighted by atomic mass is 32.2. The van der Waals surface area contributed by atoms with Crippen molar-refractivity contribution in [1.29, 1.82) is 0 Å². The van der Waals surface area contributed by atoms with Crippen molar-refractivity contribution in [2.45, 2.75) is 107 Å². The molecule has 0 radical (unpaired) electrons. The molecule has 2 aromatic rings. The Bertz CT molecular complexity index is 2210. The maximum absolute atomic E-state index is 14.7. The van der Waals surface area contributed by atoms with E-state index in [2.05, 4.69) is 20.3 Å². The van der Waals surface area contributed by atoms with E-state index in [4.69, 9.17) is 4.74 Å². The van der Waals surface area contributed by atoms with Gasteiger partial charge in [0.1, 0.15) is 34.7 Å². The van der Waals surface area contributed by atoms with Crippen LogP contribution in [-0.2, 0) is 35.3 Å². The lowest BCUT2D eigenvalue weighted by atomic mass is 9.93. The van der Waals surface area contributed by atoms with Crippen LogP contribution in [0.5, 0.6) is 5.75 Å². The molecule has 5 aliphatic rings. The van der Waals surface area contributed by atoms with Crippen LogP contribution in [0.25, 0.3) is 11.3 Å². The zero-order chi connectivity index (χ0) is 43.4. The Morgan fingerprint density at radius 3 is 2.45 bits per heavy atom. The molecular weight excluding hydrogens is 810 g/mol. The second kappa shape index (κ2) is 16.0. The quantitative estimate of drug-likeness (QED) is 0.304. The van der Waals surface area contributed by atoms with Crippen LogP contribution in [0, 0.1) is 17.8 Å². The van der Waals surface area contributed by atoms with E-state index in [1.807, 2.05) is 6.08 Å². The molecule has 0 bridgehead atoms. The molecule has 2 aliphatic carbocycles. The van der Waals surface area contributed by atoms with Gasteiger partial charge in [-0.15, -0.1) is 0 Å². The third-order valence-electron chi connectivity index (χ3n) is 11.8. The Kier molecular flexibility index (Phi) is 11.4. The predicted molar refractivity (Wildman–Crippen MR) is 209 cm³/mol. The number of halogens is 3. The SMILES string of the molecule is CC(C)(C)OC(=O)N[C@H]1CCCCC/C=C\[C@H]2C[C@@]2(C(=O)NS(=O)(=O)C2CC2)NC(=O)[C@@H]2[C@H]3CN(C(=O)c4cccc(-c5ccc(O)c(C(F)(F)F)c5)n4)C[C@H]3CN2C1=O. The summed E-state index contributed by atoms with van der Waals surface area (Å²) in [7, 11) is -3.98. The lowest BCUT2D eigenvalue weighted by Gasteiger charge is -2.33. The van der Waals surface area contributed by atoms with Crippen molar-refractivity contribution in [3.63, 3.8) is 0 Å². The van der Waals surface area contributed by atoms with Crippen molar-refractivity contribution in [2.75, 3.05) is 19.6 Å². The molecule has 60 heavy (non-hydrogen) atoms. The Balaban J connectivity index is 1.18. The van der Waals surface area contributed by atoms with Crippen LogP contribution in [0.15, 0.2) is 48.6 Å². The summed E-state index contributed by atoms with van der Waals surface area (Å²) in [5.74, 6) is -5.33. The number of hydrogen-bond acceptors (Lipinski definition) is 10. The summed E-state index contributed by atoms with van der Waals surface area (Å²) in [5.41, 5.74) is -3.77. The Morgan fingerprint density at radius 2 is 1.75 bits per heavy atom. The van der Waals surface area contributed by atoms with Crippen LogP contribution in [0.1, 0.15) is 88.2 Å². The van der Waals surface area contributed by atoms with Crippen LogP contribution in [0.4, 0.5) is 18.0 Å². The van der Waals surface area contributed by atoms with Gasteiger partial charge in [0.15, 0.2) is 0 Å². The number of alkyl carbamates (subject to hydrolysis) is 1. The second-order valence-electron chi connectivity index (χ2n) is 17.4. The molecule has 324 valence electrons. The molecule has 5 amide bonds. The molecule has 15 nitrogen and oxygen atoms in total. The zero-order valence-electron chi connectivity index (χ0n) is 33.5. The molecule has 2 saturated carbocycles. The Hall–Kier alpha value is -5.20. The number of ether oxygens (including phenoxy) is 1. The number of pyridine rings is 1. The normalized spacial score (nSPS) is 27.9. The number of sulfonamides is 1. The summed E-state index contributed by atoms with van der Waals surface area (Å²) in [5, 5.41) is 14.7. The lowest BCUT2D eigenvalue weighted by molar-refractivity contribution is -0.142. The molecule has 7 rings (SSSR count). The summed E-state index contributed by atoms with van der Waals surface area (Å²) in [6.45, 7) is 5.08. The predicted octanol–water partition coefficient (Wildman–Crippen LogP) is 4.27. The van der Waals surface area contributed by atoms with Gasteiger partial charge in [0.2, 0.25) is 21.8 Å². The molecule has 19 heteroatoms. The van der Waals surface area contributed by atoms with Crippen LogP contribution in [-0.4, -0.2) is 106 Å². The minimum Gasteiger partial charge on any atom is -0.507 e. The fourth-order valence-electron chi connectivity index (χ4n) is 8.49. The standard InChI is InChI=1S/C41H49F3N6O9S/c1-39(2,3)59-38(56)46-31-11-8-6-4-5-7-10-25-19-40(25,37(55)48-60(57,58)26-15-16-26)47-34(52)33-27-22-49(20-24(27)21-50(33)36(31)54)35(53)30-13-9-12-29(45-30)23-14-17-32(51)28(18-23)41(42,43)44/h7,9-10,12-14,17-18,24-27,31,33,51H,4-6,8,11,15-16,19-22H2,1-3H3,(H,46,56)(H,47,52)(H,48,55)/b10-7-/t24-,25-,27-,31-,33-,40+/m0/s1. The van der Waals surface area contributed by atoms with E-state index in [0.29, 0.717) is 32.1 Å². The number of fused-ring (bicyclic) bond motifs is 4. The minimum atomic E-state index is -4.84. The summed E-state index contributed by atoms with van der Waals surface area (Å²) in [6, 6.07) is 4.86. The number of alkyl halides is 3. The highest BCUT2D eigenvalue weighted by Gasteiger charge is 2.63. The molecule has 4 N–H and O–H groups in total. The zero-order valence-corrected chi connectivity index (χ0v) is 34.3. The molecular formula is C41H49F3N6O9S. The van der Waals surface area contributed by atoms with Gasteiger partial charge in [-0.2, -0.15) is 13.2 Å². The number of allylic oxidation sites excluding steroid dienone is 1. The third kappa shape index (κ3) is 9.10. The fraction of sp³-hybridized carbons (Fsp3) is 0.561. The Labute approximate surface area is 345 Å². The van der Waals surface area contributed by atoms with Crippen LogP contribution in [0.3, 0.4) is 0 Å². The lowest BCUT2D eigenvalue weighted by Crippen LogP contribution is -2.60. The number of carbonyl (C=O) groups is 5. The number of phenolic OH excluding ortho intramolecular Hbond substituents is 1. The van der Waals surface area contributed by atoms with Crippen molar-refractivity contribution in [2.24, 2.45) is 17.8 Å². The van der Waals surface area contributed by atoms with Gasteiger partial charge in [0, 0.05) is 43.0 Å². The van der Waals surface area contributed by atoms with E-state index in [-0.39, 0.29) is 49.4 Å². The summed E-state index contributed by atoms with van der Waals surface area (Å²) >= 11 is 0. The average molecular weight is 859 g/mol. The molecule has 1 aromatic heterocycles. The first-order valence-corrected chi connectivity index (χ1v) is 21.7. The second-order valence-corrected chi connectivity index (χ2v) is 19.4. The van der Waals surface area contributed by atoms with Gasteiger partial charge in [0.25, 0.3) is 11.8 Å². The first kappa shape index (κ1) is 42.9. The van der Waals surface area contributed by atoms with Gasteiger partial charge in [0.05, 0.1) is 16.5 Å². The largest absolute Gasteiger partial charge is 0.507 e. The van der Waals surface area contributed by atoms with Crippen molar-refractivity contribution in [3.8, 4) is 17.0 Å². The summed E-state index contributed by atoms with van der Waals surface area (Å²) in [4.78, 5) is 77.3. The summed E-state index contributed by atoms with van der Waals surface area (Å²) in [6.07, 6.45) is 1.86. The molecule has 4 fully saturated rings. The third-order valence-corrected chi connectivity index (χ3v) is 13.6. The minimum absolute atomic E-state index is 0.00233. The van der Waals surface area contributed by atoms with E-state index in [1.165, 1.54) is 34.1 Å². The fourth-order valence-corrected chi connectivity index (χ4v) is 9.85. The monoisotopic (exact) mass is 858 g/mol. The number of amides is 5. The number of aromatic hydroxyl groups is 1. The number of nitrogens with one attached hydrogen (secondary N) is 3. The van der Waals surface area contributed by atoms with E-state index < -0.39 is 103 Å². The first-order valence-electron chi connectivity index (χ1n) is 20.2. The number of nitrogens with zero attached hydrogens (tertiary/aromatic N) is 3. The van der Waals surface area contributed by atoms with Crippen LogP contribution < -0.4 is 15.4 Å². The van der Waals surface area contributed by atoms with Gasteiger partial charge >= 0.3 is 12.3 Å². The number of hydrogen-bond donors (Lipinski definition) is 4. The van der Waals surface area contributed by atoms with E-state index >= 15 is 0 Å². The van der Waals surface area contributed by atoms with Crippen molar-refractivity contribution >= 4 is 39.7 Å². The highest BCUT2D eigenvalue weighted by Crippen LogP contribution is 2.47. The average Bonchev–Trinajstić information content (AvgIpc) is 4.06. The maximum Gasteiger partial charge on any atom is 0.419 e. The van der Waals surface area contributed by atoms with Crippen LogP contribution in [0.2, 0.25) is 0 Å². The molecule has 0 spiro atoms. The molecule has 1 aromatic carbocycles. The first-order chi connectivity index (χ1) is 28.2. The smallest absolute Gasteiger partial charge is 0.419 e. The molecule has 0 unspecified atom stereocenters. The van der Waals surface area contributed by atoms with E-state index in [9.17, 15) is 50.7 Å². The number of phenols is 1. The highest BCUT2D eigenvalue weighted by molar-refractivity contribution is 7.91. The number of likely N-dealkylation sites (tertiary alicyclic amines) is 1. The topological polar surface area (TPSA) is 204 Å². The number of benzene rings is 1. The summed E-state index contributed by atoms with van der Waals surface area (Å²) < 4.78 is 74.2.